The van der Waals surface area contributed by atoms with Gasteiger partial charge in [0.15, 0.2) is 11.6 Å². The molecule has 1 heterocycles. The van der Waals surface area contributed by atoms with Gasteiger partial charge in [0.05, 0.1) is 11.1 Å². The predicted molar refractivity (Wildman–Crippen MR) is 62.8 cm³/mol. The Balaban J connectivity index is 2.41. The molecule has 6 heteroatoms. The molecule has 1 aliphatic heterocycles. The van der Waals surface area contributed by atoms with E-state index in [2.05, 4.69) is 21.4 Å². The number of hydrogen-bond acceptors (Lipinski definition) is 3. The number of nitrogens with one attached hydrogen (secondary N) is 1. The molecule has 1 aromatic carbocycles. The fourth-order valence-electron chi connectivity index (χ4n) is 1.73. The van der Waals surface area contributed by atoms with Crippen LogP contribution in [0.2, 0.25) is 0 Å². The average Bonchev–Trinajstić information content (AvgIpc) is 2.84. The third kappa shape index (κ3) is 2.34. The fraction of sp³-hybridized carbons (Fsp3) is 0.273. The van der Waals surface area contributed by atoms with Gasteiger partial charge in [-0.3, -0.25) is 5.84 Å². The number of nitrogens with two attached hydrogens (primary N) is 1. The summed E-state index contributed by atoms with van der Waals surface area (Å²) in [4.78, 5) is 0. The molecule has 0 radical (unpaired) electrons. The van der Waals surface area contributed by atoms with Crippen molar-refractivity contribution in [1.29, 1.82) is 0 Å². The van der Waals surface area contributed by atoms with Gasteiger partial charge in [0.25, 0.3) is 0 Å². The zero-order valence-electron chi connectivity index (χ0n) is 8.84. The maximum atomic E-state index is 13.4. The molecule has 0 bridgehead atoms. The lowest BCUT2D eigenvalue weighted by Gasteiger charge is -2.19. The van der Waals surface area contributed by atoms with Crippen LogP contribution < -0.4 is 11.3 Å². The molecule has 1 atom stereocenters. The highest BCUT2D eigenvalue weighted by atomic mass is 79.9. The van der Waals surface area contributed by atoms with Crippen LogP contribution in [0.25, 0.3) is 0 Å². The summed E-state index contributed by atoms with van der Waals surface area (Å²) in [7, 11) is 0. The van der Waals surface area contributed by atoms with Gasteiger partial charge in [-0.05, 0) is 33.6 Å². The first-order valence-corrected chi connectivity index (χ1v) is 5.87. The van der Waals surface area contributed by atoms with E-state index >= 15 is 0 Å². The van der Waals surface area contributed by atoms with E-state index in [0.29, 0.717) is 17.9 Å². The topological polar surface area (TPSA) is 47.3 Å². The van der Waals surface area contributed by atoms with Crippen molar-refractivity contribution in [3.63, 3.8) is 0 Å². The van der Waals surface area contributed by atoms with Crippen molar-refractivity contribution >= 4 is 15.9 Å². The van der Waals surface area contributed by atoms with Crippen molar-refractivity contribution < 1.29 is 13.5 Å². The van der Waals surface area contributed by atoms with Gasteiger partial charge < -0.3 is 4.74 Å². The van der Waals surface area contributed by atoms with Crippen molar-refractivity contribution in [3.8, 4) is 0 Å². The van der Waals surface area contributed by atoms with Crippen LogP contribution >= 0.6 is 15.9 Å². The first kappa shape index (κ1) is 12.5. The Morgan fingerprint density at radius 2 is 2.18 bits per heavy atom. The first-order valence-electron chi connectivity index (χ1n) is 5.07. The molecular weight excluding hydrogens is 294 g/mol. The molecule has 3 nitrogen and oxygen atoms in total. The smallest absolute Gasteiger partial charge is 0.173 e. The van der Waals surface area contributed by atoms with Gasteiger partial charge in [-0.2, -0.15) is 0 Å². The summed E-state index contributed by atoms with van der Waals surface area (Å²) in [5, 5.41) is 0. The highest BCUT2D eigenvalue weighted by Crippen LogP contribution is 2.33. The van der Waals surface area contributed by atoms with Crippen LogP contribution in [0.4, 0.5) is 8.78 Å². The normalized spacial score (nSPS) is 16.6. The average molecular weight is 305 g/mol. The molecule has 92 valence electrons. The van der Waals surface area contributed by atoms with Gasteiger partial charge >= 0.3 is 0 Å². The second-order valence-electron chi connectivity index (χ2n) is 3.61. The summed E-state index contributed by atoms with van der Waals surface area (Å²) in [6.07, 6.45) is 2.66. The number of halogens is 3. The van der Waals surface area contributed by atoms with Crippen molar-refractivity contribution in [2.75, 3.05) is 6.61 Å². The van der Waals surface area contributed by atoms with Crippen LogP contribution in [0.15, 0.2) is 28.4 Å². The number of hydrogen-bond donors (Lipinski definition) is 2. The van der Waals surface area contributed by atoms with Gasteiger partial charge in [0.1, 0.15) is 11.8 Å². The third-order valence-electron chi connectivity index (χ3n) is 2.56. The number of hydrazine groups is 1. The Labute approximate surface area is 106 Å². The summed E-state index contributed by atoms with van der Waals surface area (Å²) in [5.74, 6) is 4.22. The molecule has 1 aromatic rings. The van der Waals surface area contributed by atoms with Gasteiger partial charge in [-0.1, -0.05) is 6.07 Å². The van der Waals surface area contributed by atoms with E-state index in [-0.39, 0.29) is 4.47 Å². The minimum absolute atomic E-state index is 0.0526. The molecule has 0 aromatic heterocycles. The largest absolute Gasteiger partial charge is 0.496 e. The van der Waals surface area contributed by atoms with Crippen LogP contribution in [-0.2, 0) is 4.74 Å². The summed E-state index contributed by atoms with van der Waals surface area (Å²) < 4.78 is 31.8. The Morgan fingerprint density at radius 1 is 1.41 bits per heavy atom. The van der Waals surface area contributed by atoms with Crippen LogP contribution in [0.3, 0.4) is 0 Å². The lowest BCUT2D eigenvalue weighted by atomic mass is 10.1. The molecule has 1 aliphatic rings. The Hall–Kier alpha value is -0.980. The van der Waals surface area contributed by atoms with E-state index in [1.807, 2.05) is 6.08 Å². The van der Waals surface area contributed by atoms with Gasteiger partial charge in [0.2, 0.25) is 0 Å². The molecule has 0 amide bonds. The molecule has 0 saturated heterocycles. The van der Waals surface area contributed by atoms with E-state index in [9.17, 15) is 8.78 Å². The summed E-state index contributed by atoms with van der Waals surface area (Å²) in [5.41, 5.74) is 3.03. The van der Waals surface area contributed by atoms with Gasteiger partial charge in [-0.25, -0.2) is 14.2 Å². The number of benzene rings is 1. The molecule has 0 fully saturated rings. The fourth-order valence-corrected chi connectivity index (χ4v) is 2.28. The molecule has 3 N–H and O–H groups in total. The Kier molecular flexibility index (Phi) is 3.76. The SMILES string of the molecule is NNC(C1=CCCO1)c1ccc(F)c(F)c1Br. The summed E-state index contributed by atoms with van der Waals surface area (Å²) in [6.45, 7) is 0.578. The second kappa shape index (κ2) is 5.12. The van der Waals surface area contributed by atoms with Crippen LogP contribution in [-0.4, -0.2) is 6.61 Å². The van der Waals surface area contributed by atoms with Crippen molar-refractivity contribution in [1.82, 2.24) is 5.43 Å². The van der Waals surface area contributed by atoms with Crippen molar-refractivity contribution in [3.05, 3.63) is 45.6 Å². The molecule has 2 rings (SSSR count). The molecule has 1 unspecified atom stereocenters. The number of ether oxygens (including phenoxy) is 1. The monoisotopic (exact) mass is 304 g/mol. The van der Waals surface area contributed by atoms with Crippen molar-refractivity contribution in [2.45, 2.75) is 12.5 Å². The number of rotatable bonds is 3. The minimum Gasteiger partial charge on any atom is -0.496 e. The van der Waals surface area contributed by atoms with E-state index in [0.717, 1.165) is 12.5 Å². The summed E-state index contributed by atoms with van der Waals surface area (Å²) >= 11 is 3.03. The van der Waals surface area contributed by atoms with Crippen LogP contribution in [0.5, 0.6) is 0 Å². The third-order valence-corrected chi connectivity index (χ3v) is 3.37. The zero-order valence-corrected chi connectivity index (χ0v) is 10.4. The summed E-state index contributed by atoms with van der Waals surface area (Å²) in [6, 6.07) is 2.05. The molecule has 0 spiro atoms. The zero-order chi connectivity index (χ0) is 12.4. The maximum Gasteiger partial charge on any atom is 0.173 e. The van der Waals surface area contributed by atoms with E-state index in [1.54, 1.807) is 0 Å². The molecule has 0 aliphatic carbocycles. The maximum absolute atomic E-state index is 13.4. The van der Waals surface area contributed by atoms with E-state index < -0.39 is 17.7 Å². The second-order valence-corrected chi connectivity index (χ2v) is 4.40. The van der Waals surface area contributed by atoms with Crippen LogP contribution in [0.1, 0.15) is 18.0 Å². The Bertz CT molecular complexity index is 465. The molecule has 17 heavy (non-hydrogen) atoms. The van der Waals surface area contributed by atoms with E-state index in [4.69, 9.17) is 10.6 Å². The van der Waals surface area contributed by atoms with Crippen LogP contribution in [0, 0.1) is 11.6 Å². The highest BCUT2D eigenvalue weighted by molar-refractivity contribution is 9.10. The lowest BCUT2D eigenvalue weighted by Crippen LogP contribution is -2.30. The predicted octanol–water partition coefficient (Wildman–Crippen LogP) is 2.54. The Morgan fingerprint density at radius 3 is 2.76 bits per heavy atom. The van der Waals surface area contributed by atoms with Gasteiger partial charge in [-0.15, -0.1) is 0 Å². The lowest BCUT2D eigenvalue weighted by molar-refractivity contribution is 0.215. The molecule has 0 saturated carbocycles. The quantitative estimate of drug-likeness (QED) is 0.512. The highest BCUT2D eigenvalue weighted by Gasteiger charge is 2.24. The van der Waals surface area contributed by atoms with Gasteiger partial charge in [0, 0.05) is 6.42 Å². The molecular formula is C11H11BrF2N2O. The minimum atomic E-state index is -0.929. The first-order chi connectivity index (χ1) is 8.15. The van der Waals surface area contributed by atoms with E-state index in [1.165, 1.54) is 6.07 Å². The van der Waals surface area contributed by atoms with Crippen molar-refractivity contribution in [2.24, 2.45) is 5.84 Å². The standard InChI is InChI=1S/C11H11BrF2N2O/c12-9-6(3-4-7(13)10(9)14)11(16-15)8-2-1-5-17-8/h2-4,11,16H,1,5,15H2.